The number of amides is 2. The van der Waals surface area contributed by atoms with Gasteiger partial charge in [-0.05, 0) is 49.3 Å². The Hall–Kier alpha value is -3.05. The molecule has 2 heterocycles. The van der Waals surface area contributed by atoms with E-state index in [2.05, 4.69) is 15.7 Å². The van der Waals surface area contributed by atoms with Gasteiger partial charge in [0.25, 0.3) is 5.91 Å². The number of thiazole rings is 1. The summed E-state index contributed by atoms with van der Waals surface area (Å²) in [5.41, 5.74) is 3.60. The summed E-state index contributed by atoms with van der Waals surface area (Å²) in [5.74, 6) is 0.502. The molecule has 1 aliphatic heterocycles. The monoisotopic (exact) mass is 503 g/mol. The lowest BCUT2D eigenvalue weighted by atomic mass is 9.97. The fourth-order valence-electron chi connectivity index (χ4n) is 3.68. The smallest absolute Gasteiger partial charge is 0.289 e. The Labute approximate surface area is 208 Å². The van der Waals surface area contributed by atoms with Gasteiger partial charge >= 0.3 is 0 Å². The number of hydrazine groups is 1. The Balaban J connectivity index is 1.45. The molecule has 2 N–H and O–H groups in total. The molecule has 1 saturated heterocycles. The topological polar surface area (TPSA) is 104 Å². The number of Topliss-reactive ketones (excluding diaryl/α,β-unsaturated/α-hetero) is 1. The fourth-order valence-corrected chi connectivity index (χ4v) is 4.70. The number of ketones is 1. The number of carbonyl (C=O) groups is 3. The number of hydrogen-bond acceptors (Lipinski definition) is 7. The average molecular weight is 504 g/mol. The van der Waals surface area contributed by atoms with E-state index in [9.17, 15) is 14.4 Å². The maximum absolute atomic E-state index is 12.6. The SMILES string of the molecule is CNC(=S)N(C)NC(=O)c1csc(C2CCN(C(=O)CCC(=O)c3ccc(OC)cc3)CC2)n1. The molecule has 2 amide bonds. The maximum Gasteiger partial charge on any atom is 0.289 e. The molecule has 9 nitrogen and oxygen atoms in total. The van der Waals surface area contributed by atoms with E-state index in [1.807, 2.05) is 4.90 Å². The van der Waals surface area contributed by atoms with Crippen LogP contribution in [0.3, 0.4) is 0 Å². The van der Waals surface area contributed by atoms with Crippen LogP contribution in [0.15, 0.2) is 29.6 Å². The van der Waals surface area contributed by atoms with Crippen molar-refractivity contribution in [3.8, 4) is 5.75 Å². The zero-order valence-corrected chi connectivity index (χ0v) is 21.1. The van der Waals surface area contributed by atoms with E-state index in [1.165, 1.54) is 16.3 Å². The normalized spacial score (nSPS) is 13.8. The Morgan fingerprint density at radius 1 is 1.21 bits per heavy atom. The molecule has 0 bridgehead atoms. The summed E-state index contributed by atoms with van der Waals surface area (Å²) >= 11 is 6.53. The molecule has 0 aliphatic carbocycles. The van der Waals surface area contributed by atoms with Crippen molar-refractivity contribution in [2.75, 3.05) is 34.3 Å². The summed E-state index contributed by atoms with van der Waals surface area (Å²) in [6.45, 7) is 1.22. The first-order chi connectivity index (χ1) is 16.3. The van der Waals surface area contributed by atoms with Crippen LogP contribution in [0.1, 0.15) is 57.5 Å². The molecule has 182 valence electrons. The second-order valence-corrected chi connectivity index (χ2v) is 9.21. The van der Waals surface area contributed by atoms with Gasteiger partial charge in [0.15, 0.2) is 10.9 Å². The van der Waals surface area contributed by atoms with Crippen LogP contribution in [0, 0.1) is 0 Å². The predicted octanol–water partition coefficient (Wildman–Crippen LogP) is 2.60. The largest absolute Gasteiger partial charge is 0.497 e. The Morgan fingerprint density at radius 2 is 1.88 bits per heavy atom. The molecule has 1 fully saturated rings. The number of likely N-dealkylation sites (tertiary alicyclic amines) is 1. The first-order valence-electron chi connectivity index (χ1n) is 11.0. The second-order valence-electron chi connectivity index (χ2n) is 7.93. The number of piperidine rings is 1. The second kappa shape index (κ2) is 11.9. The van der Waals surface area contributed by atoms with E-state index in [-0.39, 0.29) is 36.4 Å². The van der Waals surface area contributed by atoms with E-state index in [0.717, 1.165) is 17.8 Å². The van der Waals surface area contributed by atoms with Crippen LogP contribution in [-0.4, -0.2) is 71.9 Å². The predicted molar refractivity (Wildman–Crippen MR) is 134 cm³/mol. The van der Waals surface area contributed by atoms with Gasteiger partial charge < -0.3 is 15.0 Å². The third-order valence-corrected chi connectivity index (χ3v) is 7.20. The lowest BCUT2D eigenvalue weighted by molar-refractivity contribution is -0.132. The highest BCUT2D eigenvalue weighted by molar-refractivity contribution is 7.80. The molecule has 0 spiro atoms. The number of carbonyl (C=O) groups excluding carboxylic acids is 3. The highest BCUT2D eigenvalue weighted by atomic mass is 32.1. The third-order valence-electron chi connectivity index (χ3n) is 5.72. The molecular weight excluding hydrogens is 474 g/mol. The van der Waals surface area contributed by atoms with Gasteiger partial charge in [-0.3, -0.25) is 24.8 Å². The van der Waals surface area contributed by atoms with Crippen LogP contribution in [0.25, 0.3) is 0 Å². The molecule has 0 saturated carbocycles. The number of aromatic nitrogens is 1. The average Bonchev–Trinajstić information content (AvgIpc) is 3.37. The molecule has 1 aromatic carbocycles. The Bertz CT molecular complexity index is 1030. The van der Waals surface area contributed by atoms with Gasteiger partial charge in [-0.2, -0.15) is 0 Å². The maximum atomic E-state index is 12.6. The van der Waals surface area contributed by atoms with Gasteiger partial charge in [0.05, 0.1) is 12.1 Å². The molecule has 0 unspecified atom stereocenters. The van der Waals surface area contributed by atoms with Crippen LogP contribution < -0.4 is 15.5 Å². The van der Waals surface area contributed by atoms with Crippen LogP contribution in [0.5, 0.6) is 5.75 Å². The highest BCUT2D eigenvalue weighted by Gasteiger charge is 2.27. The molecule has 1 aromatic heterocycles. The number of rotatable bonds is 7. The van der Waals surface area contributed by atoms with Crippen molar-refractivity contribution >= 4 is 46.3 Å². The summed E-state index contributed by atoms with van der Waals surface area (Å²) in [5, 5.41) is 7.25. The minimum atomic E-state index is -0.322. The summed E-state index contributed by atoms with van der Waals surface area (Å²) in [6.07, 6.45) is 1.92. The van der Waals surface area contributed by atoms with Crippen LogP contribution >= 0.6 is 23.6 Å². The van der Waals surface area contributed by atoms with Crippen molar-refractivity contribution in [2.24, 2.45) is 0 Å². The third kappa shape index (κ3) is 6.51. The minimum absolute atomic E-state index is 0.0111. The molecule has 0 radical (unpaired) electrons. The molecule has 34 heavy (non-hydrogen) atoms. The molecule has 1 aliphatic rings. The Morgan fingerprint density at radius 3 is 2.50 bits per heavy atom. The Kier molecular flexibility index (Phi) is 8.94. The molecule has 0 atom stereocenters. The van der Waals surface area contributed by atoms with Gasteiger partial charge in [0.2, 0.25) is 5.91 Å². The van der Waals surface area contributed by atoms with E-state index >= 15 is 0 Å². The quantitative estimate of drug-likeness (QED) is 0.338. The molecule has 11 heteroatoms. The summed E-state index contributed by atoms with van der Waals surface area (Å²) < 4.78 is 5.10. The van der Waals surface area contributed by atoms with E-state index in [0.29, 0.717) is 35.2 Å². The zero-order chi connectivity index (χ0) is 24.7. The van der Waals surface area contributed by atoms with Crippen molar-refractivity contribution in [3.63, 3.8) is 0 Å². The van der Waals surface area contributed by atoms with Crippen LogP contribution in [0.4, 0.5) is 0 Å². The first kappa shape index (κ1) is 25.6. The first-order valence-corrected chi connectivity index (χ1v) is 12.3. The molecule has 2 aromatic rings. The number of nitrogens with one attached hydrogen (secondary N) is 2. The van der Waals surface area contributed by atoms with Crippen molar-refractivity contribution in [1.82, 2.24) is 25.6 Å². The number of nitrogens with zero attached hydrogens (tertiary/aromatic N) is 3. The van der Waals surface area contributed by atoms with E-state index < -0.39 is 0 Å². The van der Waals surface area contributed by atoms with Crippen molar-refractivity contribution in [2.45, 2.75) is 31.6 Å². The van der Waals surface area contributed by atoms with Gasteiger partial charge in [-0.15, -0.1) is 11.3 Å². The number of benzene rings is 1. The van der Waals surface area contributed by atoms with E-state index in [1.54, 1.807) is 50.9 Å². The van der Waals surface area contributed by atoms with Crippen molar-refractivity contribution in [1.29, 1.82) is 0 Å². The van der Waals surface area contributed by atoms with Gasteiger partial charge in [0, 0.05) is 56.9 Å². The number of ether oxygens (including phenoxy) is 1. The highest BCUT2D eigenvalue weighted by Crippen LogP contribution is 2.30. The molecular formula is C23H29N5O4S2. The van der Waals surface area contributed by atoms with Crippen molar-refractivity contribution in [3.05, 3.63) is 45.9 Å². The standard InChI is InChI=1S/C23H29N5O4S2/c1-24-23(33)27(2)26-21(31)18-14-34-22(25-18)16-10-12-28(13-11-16)20(30)9-8-19(29)15-4-6-17(32-3)7-5-15/h4-7,14,16H,8-13H2,1-3H3,(H,24,33)(H,26,31). The summed E-state index contributed by atoms with van der Waals surface area (Å²) in [4.78, 5) is 43.7. The number of methoxy groups -OCH3 is 1. The van der Waals surface area contributed by atoms with Gasteiger partial charge in [-0.25, -0.2) is 4.98 Å². The lowest BCUT2D eigenvalue weighted by Crippen LogP contribution is -2.47. The lowest BCUT2D eigenvalue weighted by Gasteiger charge is -2.31. The fraction of sp³-hybridized carbons (Fsp3) is 0.435. The number of thiocarbonyl (C=S) groups is 1. The van der Waals surface area contributed by atoms with Crippen LogP contribution in [-0.2, 0) is 4.79 Å². The van der Waals surface area contributed by atoms with Crippen LogP contribution in [0.2, 0.25) is 0 Å². The summed E-state index contributed by atoms with van der Waals surface area (Å²) in [6, 6.07) is 6.91. The zero-order valence-electron chi connectivity index (χ0n) is 19.5. The van der Waals surface area contributed by atoms with E-state index in [4.69, 9.17) is 17.0 Å². The van der Waals surface area contributed by atoms with Gasteiger partial charge in [0.1, 0.15) is 11.4 Å². The molecule has 3 rings (SSSR count). The van der Waals surface area contributed by atoms with Crippen molar-refractivity contribution < 1.29 is 19.1 Å². The summed E-state index contributed by atoms with van der Waals surface area (Å²) in [7, 11) is 4.91. The minimum Gasteiger partial charge on any atom is -0.497 e. The van der Waals surface area contributed by atoms with Gasteiger partial charge in [-0.1, -0.05) is 0 Å². The number of hydrogen-bond donors (Lipinski definition) is 2.